The second-order valence-corrected chi connectivity index (χ2v) is 7.75. The number of carbonyl (C=O) groups is 3. The first kappa shape index (κ1) is 21.3. The molecule has 4 rings (SSSR count). The molecule has 0 aromatic heterocycles. The normalized spacial score (nSPS) is 14.5. The number of hydrogen-bond acceptors (Lipinski definition) is 3. The summed E-state index contributed by atoms with van der Waals surface area (Å²) in [6.45, 7) is 0.555. The Morgan fingerprint density at radius 3 is 2.12 bits per heavy atom. The fraction of sp³-hybridized carbons (Fsp3) is 0.192. The standard InChI is InChI=1S/C26H25N3O3/c30-23-16-7-8-17-29(23)24(19-10-3-1-4-11-19)26(32)28-22-15-9-14-21(18-22)27-25(31)20-12-5-2-6-13-20/h1-6,9-15,18,24H,7-8,16-17H2,(H,27,31)(H,28,32). The minimum Gasteiger partial charge on any atom is -0.327 e. The zero-order chi connectivity index (χ0) is 22.3. The molecule has 1 unspecified atom stereocenters. The summed E-state index contributed by atoms with van der Waals surface area (Å²) < 4.78 is 0. The summed E-state index contributed by atoms with van der Waals surface area (Å²) in [5.41, 5.74) is 2.44. The van der Waals surface area contributed by atoms with Crippen LogP contribution in [0, 0.1) is 0 Å². The van der Waals surface area contributed by atoms with Gasteiger partial charge in [-0.2, -0.15) is 0 Å². The number of hydrogen-bond donors (Lipinski definition) is 2. The van der Waals surface area contributed by atoms with Crippen LogP contribution in [-0.2, 0) is 9.59 Å². The number of carbonyl (C=O) groups excluding carboxylic acids is 3. The molecule has 0 saturated carbocycles. The highest BCUT2D eigenvalue weighted by Gasteiger charge is 2.32. The molecule has 3 aromatic carbocycles. The Morgan fingerprint density at radius 1 is 0.781 bits per heavy atom. The van der Waals surface area contributed by atoms with Crippen LogP contribution in [0.15, 0.2) is 84.9 Å². The van der Waals surface area contributed by atoms with E-state index in [0.29, 0.717) is 29.9 Å². The summed E-state index contributed by atoms with van der Waals surface area (Å²) in [4.78, 5) is 40.0. The third-order valence-corrected chi connectivity index (χ3v) is 5.46. The second-order valence-electron chi connectivity index (χ2n) is 7.75. The van der Waals surface area contributed by atoms with Crippen LogP contribution >= 0.6 is 0 Å². The maximum absolute atomic E-state index is 13.3. The first-order valence-corrected chi connectivity index (χ1v) is 10.7. The molecular weight excluding hydrogens is 402 g/mol. The van der Waals surface area contributed by atoms with E-state index in [1.54, 1.807) is 53.4 Å². The molecule has 1 aliphatic rings. The number of nitrogens with zero attached hydrogens (tertiary/aromatic N) is 1. The van der Waals surface area contributed by atoms with Crippen molar-refractivity contribution in [2.24, 2.45) is 0 Å². The third-order valence-electron chi connectivity index (χ3n) is 5.46. The number of piperidine rings is 1. The van der Waals surface area contributed by atoms with Gasteiger partial charge in [0.05, 0.1) is 0 Å². The van der Waals surface area contributed by atoms with Gasteiger partial charge in [-0.1, -0.05) is 54.6 Å². The molecule has 6 heteroatoms. The molecule has 0 aliphatic carbocycles. The molecule has 1 aliphatic heterocycles. The smallest absolute Gasteiger partial charge is 0.255 e. The molecule has 0 spiro atoms. The Bertz CT molecular complexity index is 1100. The quantitative estimate of drug-likeness (QED) is 0.602. The molecule has 0 radical (unpaired) electrons. The summed E-state index contributed by atoms with van der Waals surface area (Å²) in [6.07, 6.45) is 2.18. The van der Waals surface area contributed by atoms with Crippen LogP contribution in [0.3, 0.4) is 0 Å². The van der Waals surface area contributed by atoms with Crippen molar-refractivity contribution in [2.75, 3.05) is 17.2 Å². The highest BCUT2D eigenvalue weighted by Crippen LogP contribution is 2.27. The SMILES string of the molecule is O=C(Nc1cccc(NC(=O)C(c2ccccc2)N2CCCCC2=O)c1)c1ccccc1. The molecule has 162 valence electrons. The highest BCUT2D eigenvalue weighted by atomic mass is 16.2. The van der Waals surface area contributed by atoms with E-state index in [1.807, 2.05) is 36.4 Å². The van der Waals surface area contributed by atoms with Crippen LogP contribution in [0.2, 0.25) is 0 Å². The Morgan fingerprint density at radius 2 is 1.44 bits per heavy atom. The van der Waals surface area contributed by atoms with Crippen LogP contribution in [0.4, 0.5) is 11.4 Å². The number of anilines is 2. The van der Waals surface area contributed by atoms with E-state index in [-0.39, 0.29) is 17.7 Å². The fourth-order valence-corrected chi connectivity index (χ4v) is 3.89. The van der Waals surface area contributed by atoms with Gasteiger partial charge in [-0.3, -0.25) is 14.4 Å². The summed E-state index contributed by atoms with van der Waals surface area (Å²) in [6, 6.07) is 24.6. The first-order valence-electron chi connectivity index (χ1n) is 10.7. The molecule has 0 bridgehead atoms. The van der Waals surface area contributed by atoms with Gasteiger partial charge in [-0.25, -0.2) is 0 Å². The van der Waals surface area contributed by atoms with Crippen molar-refractivity contribution in [1.82, 2.24) is 4.90 Å². The lowest BCUT2D eigenvalue weighted by Crippen LogP contribution is -2.43. The second kappa shape index (κ2) is 9.92. The monoisotopic (exact) mass is 427 g/mol. The van der Waals surface area contributed by atoms with Crippen LogP contribution < -0.4 is 10.6 Å². The number of likely N-dealkylation sites (tertiary alicyclic amines) is 1. The molecule has 32 heavy (non-hydrogen) atoms. The predicted octanol–water partition coefficient (Wildman–Crippen LogP) is 4.63. The van der Waals surface area contributed by atoms with Gasteiger partial charge in [0.1, 0.15) is 6.04 Å². The zero-order valence-electron chi connectivity index (χ0n) is 17.7. The van der Waals surface area contributed by atoms with E-state index in [0.717, 1.165) is 18.4 Å². The molecule has 1 atom stereocenters. The molecule has 6 nitrogen and oxygen atoms in total. The highest BCUT2D eigenvalue weighted by molar-refractivity contribution is 6.05. The van der Waals surface area contributed by atoms with Gasteiger partial charge >= 0.3 is 0 Å². The summed E-state index contributed by atoms with van der Waals surface area (Å²) in [5.74, 6) is -0.516. The molecule has 2 N–H and O–H groups in total. The minimum absolute atomic E-state index is 0.0101. The largest absolute Gasteiger partial charge is 0.327 e. The Hall–Kier alpha value is -3.93. The van der Waals surface area contributed by atoms with Crippen molar-refractivity contribution in [2.45, 2.75) is 25.3 Å². The van der Waals surface area contributed by atoms with Crippen LogP contribution in [-0.4, -0.2) is 29.2 Å². The van der Waals surface area contributed by atoms with Gasteiger partial charge in [-0.05, 0) is 48.7 Å². The number of benzene rings is 3. The lowest BCUT2D eigenvalue weighted by molar-refractivity contribution is -0.141. The van der Waals surface area contributed by atoms with Gasteiger partial charge in [0, 0.05) is 29.9 Å². The van der Waals surface area contributed by atoms with Gasteiger partial charge < -0.3 is 15.5 Å². The lowest BCUT2D eigenvalue weighted by atomic mass is 10.0. The van der Waals surface area contributed by atoms with E-state index >= 15 is 0 Å². The molecule has 1 saturated heterocycles. The average molecular weight is 428 g/mol. The van der Waals surface area contributed by atoms with E-state index in [4.69, 9.17) is 0 Å². The summed E-state index contributed by atoms with van der Waals surface area (Å²) in [5, 5.41) is 5.78. The number of amides is 3. The van der Waals surface area contributed by atoms with Gasteiger partial charge in [0.25, 0.3) is 11.8 Å². The first-order chi connectivity index (χ1) is 15.6. The van der Waals surface area contributed by atoms with E-state index in [9.17, 15) is 14.4 Å². The van der Waals surface area contributed by atoms with Gasteiger partial charge in [-0.15, -0.1) is 0 Å². The van der Waals surface area contributed by atoms with Crippen LogP contribution in [0.25, 0.3) is 0 Å². The van der Waals surface area contributed by atoms with E-state index in [1.165, 1.54) is 0 Å². The molecule has 3 aromatic rings. The van der Waals surface area contributed by atoms with Crippen molar-refractivity contribution >= 4 is 29.1 Å². The van der Waals surface area contributed by atoms with Crippen LogP contribution in [0.1, 0.15) is 41.2 Å². The third kappa shape index (κ3) is 5.03. The molecule has 1 fully saturated rings. The van der Waals surface area contributed by atoms with Gasteiger partial charge in [0.15, 0.2) is 0 Å². The number of rotatable bonds is 6. The molecule has 1 heterocycles. The van der Waals surface area contributed by atoms with Crippen molar-refractivity contribution < 1.29 is 14.4 Å². The van der Waals surface area contributed by atoms with Crippen molar-refractivity contribution in [1.29, 1.82) is 0 Å². The number of nitrogens with one attached hydrogen (secondary N) is 2. The van der Waals surface area contributed by atoms with Crippen molar-refractivity contribution in [3.63, 3.8) is 0 Å². The van der Waals surface area contributed by atoms with E-state index < -0.39 is 6.04 Å². The Kier molecular flexibility index (Phi) is 6.60. The minimum atomic E-state index is -0.702. The Balaban J connectivity index is 1.53. The van der Waals surface area contributed by atoms with Gasteiger partial charge in [0.2, 0.25) is 5.91 Å². The predicted molar refractivity (Wildman–Crippen MR) is 124 cm³/mol. The van der Waals surface area contributed by atoms with Crippen molar-refractivity contribution in [3.05, 3.63) is 96.1 Å². The van der Waals surface area contributed by atoms with E-state index in [2.05, 4.69) is 10.6 Å². The summed E-state index contributed by atoms with van der Waals surface area (Å²) in [7, 11) is 0. The Labute approximate surface area is 187 Å². The lowest BCUT2D eigenvalue weighted by Gasteiger charge is -2.34. The zero-order valence-corrected chi connectivity index (χ0v) is 17.7. The molecular formula is C26H25N3O3. The van der Waals surface area contributed by atoms with Crippen molar-refractivity contribution in [3.8, 4) is 0 Å². The molecule has 3 amide bonds. The van der Waals surface area contributed by atoms with Crippen LogP contribution in [0.5, 0.6) is 0 Å². The fourth-order valence-electron chi connectivity index (χ4n) is 3.89. The maximum atomic E-state index is 13.3. The maximum Gasteiger partial charge on any atom is 0.255 e. The summed E-state index contributed by atoms with van der Waals surface area (Å²) >= 11 is 0. The topological polar surface area (TPSA) is 78.5 Å². The average Bonchev–Trinajstić information content (AvgIpc) is 2.82.